The van der Waals surface area contributed by atoms with Gasteiger partial charge in [0.2, 0.25) is 0 Å². The molecule has 0 fully saturated rings. The quantitative estimate of drug-likeness (QED) is 0.520. The zero-order chi connectivity index (χ0) is 15.0. The summed E-state index contributed by atoms with van der Waals surface area (Å²) in [6, 6.07) is 12.0. The molecule has 2 N–H and O–H groups in total. The number of hydrogen-bond donors (Lipinski definition) is 1. The van der Waals surface area contributed by atoms with Crippen LogP contribution in [0.15, 0.2) is 42.5 Å². The number of carbonyl (C=O) groups excluding carboxylic acids is 1. The van der Waals surface area contributed by atoms with E-state index in [0.717, 1.165) is 11.1 Å². The molecule has 1 amide bonds. The van der Waals surface area contributed by atoms with Crippen LogP contribution in [-0.2, 0) is 13.1 Å². The molecule has 2 aromatic carbocycles. The summed E-state index contributed by atoms with van der Waals surface area (Å²) in [5.74, 6) is -0.227. The van der Waals surface area contributed by atoms with E-state index in [2.05, 4.69) is 0 Å². The van der Waals surface area contributed by atoms with Crippen LogP contribution in [0.1, 0.15) is 21.5 Å². The Morgan fingerprint density at radius 1 is 1.14 bits per heavy atom. The molecule has 1 heterocycles. The maximum Gasteiger partial charge on any atom is 0.292 e. The Bertz CT molecular complexity index is 718. The average molecular weight is 283 g/mol. The molecule has 0 aliphatic carbocycles. The van der Waals surface area contributed by atoms with E-state index in [0.29, 0.717) is 13.1 Å². The SMILES string of the molecule is Nc1ccc(C(=O)N2Cc3ccccc3C2)cc1[N+](=O)[O-]. The van der Waals surface area contributed by atoms with Crippen LogP contribution >= 0.6 is 0 Å². The largest absolute Gasteiger partial charge is 0.393 e. The molecule has 0 spiro atoms. The number of nitro groups is 1. The zero-order valence-corrected chi connectivity index (χ0v) is 11.2. The van der Waals surface area contributed by atoms with Gasteiger partial charge in [0.25, 0.3) is 11.6 Å². The number of rotatable bonds is 2. The molecule has 6 heteroatoms. The van der Waals surface area contributed by atoms with Crippen LogP contribution in [0.25, 0.3) is 0 Å². The molecule has 2 aromatic rings. The normalized spacial score (nSPS) is 13.0. The van der Waals surface area contributed by atoms with E-state index >= 15 is 0 Å². The summed E-state index contributed by atoms with van der Waals surface area (Å²) in [6.07, 6.45) is 0. The molecule has 0 unspecified atom stereocenters. The topological polar surface area (TPSA) is 89.5 Å². The fourth-order valence-electron chi connectivity index (χ4n) is 2.49. The first-order chi connectivity index (χ1) is 10.1. The number of benzene rings is 2. The summed E-state index contributed by atoms with van der Waals surface area (Å²) in [6.45, 7) is 1.04. The van der Waals surface area contributed by atoms with Crippen molar-refractivity contribution in [2.24, 2.45) is 0 Å². The van der Waals surface area contributed by atoms with E-state index in [1.165, 1.54) is 18.2 Å². The van der Waals surface area contributed by atoms with Gasteiger partial charge < -0.3 is 10.6 Å². The summed E-state index contributed by atoms with van der Waals surface area (Å²) < 4.78 is 0. The highest BCUT2D eigenvalue weighted by Gasteiger charge is 2.25. The molecule has 1 aliphatic rings. The van der Waals surface area contributed by atoms with Gasteiger partial charge in [0.05, 0.1) is 4.92 Å². The lowest BCUT2D eigenvalue weighted by atomic mass is 10.1. The summed E-state index contributed by atoms with van der Waals surface area (Å²) in [7, 11) is 0. The molecule has 0 bridgehead atoms. The standard InChI is InChI=1S/C15H13N3O3/c16-13-6-5-10(7-14(13)18(20)21)15(19)17-8-11-3-1-2-4-12(11)9-17/h1-7H,8-9,16H2. The Hall–Kier alpha value is -2.89. The van der Waals surface area contributed by atoms with Gasteiger partial charge in [-0.2, -0.15) is 0 Å². The number of carbonyl (C=O) groups is 1. The third-order valence-corrected chi connectivity index (χ3v) is 3.60. The maximum atomic E-state index is 12.5. The number of nitrogen functional groups attached to an aromatic ring is 1. The van der Waals surface area contributed by atoms with Crippen molar-refractivity contribution in [2.45, 2.75) is 13.1 Å². The van der Waals surface area contributed by atoms with Gasteiger partial charge in [-0.25, -0.2) is 0 Å². The minimum Gasteiger partial charge on any atom is -0.393 e. The van der Waals surface area contributed by atoms with Gasteiger partial charge >= 0.3 is 0 Å². The van der Waals surface area contributed by atoms with E-state index in [1.807, 2.05) is 24.3 Å². The van der Waals surface area contributed by atoms with Gasteiger partial charge in [-0.15, -0.1) is 0 Å². The Morgan fingerprint density at radius 3 is 2.33 bits per heavy atom. The number of nitrogens with zero attached hydrogens (tertiary/aromatic N) is 2. The Kier molecular flexibility index (Phi) is 3.06. The van der Waals surface area contributed by atoms with Crippen LogP contribution in [0.4, 0.5) is 11.4 Å². The lowest BCUT2D eigenvalue weighted by Gasteiger charge is -2.15. The van der Waals surface area contributed by atoms with Crippen molar-refractivity contribution < 1.29 is 9.72 Å². The Balaban J connectivity index is 1.87. The van der Waals surface area contributed by atoms with Crippen molar-refractivity contribution in [3.63, 3.8) is 0 Å². The number of fused-ring (bicyclic) bond motifs is 1. The van der Waals surface area contributed by atoms with Crippen LogP contribution in [0, 0.1) is 10.1 Å². The highest BCUT2D eigenvalue weighted by Crippen LogP contribution is 2.27. The number of anilines is 1. The van der Waals surface area contributed by atoms with E-state index in [-0.39, 0.29) is 22.8 Å². The monoisotopic (exact) mass is 283 g/mol. The summed E-state index contributed by atoms with van der Waals surface area (Å²) in [4.78, 5) is 24.4. The van der Waals surface area contributed by atoms with Crippen molar-refractivity contribution >= 4 is 17.3 Å². The van der Waals surface area contributed by atoms with Gasteiger partial charge in [0, 0.05) is 24.7 Å². The molecule has 0 radical (unpaired) electrons. The number of amides is 1. The average Bonchev–Trinajstić information content (AvgIpc) is 2.90. The molecular weight excluding hydrogens is 270 g/mol. The Morgan fingerprint density at radius 2 is 1.76 bits per heavy atom. The molecule has 1 aliphatic heterocycles. The molecule has 0 saturated heterocycles. The van der Waals surface area contributed by atoms with Crippen molar-refractivity contribution in [1.82, 2.24) is 4.90 Å². The van der Waals surface area contributed by atoms with Crippen molar-refractivity contribution in [2.75, 3.05) is 5.73 Å². The molecule has 0 saturated carbocycles. The van der Waals surface area contributed by atoms with E-state index in [4.69, 9.17) is 5.73 Å². The van der Waals surface area contributed by atoms with E-state index in [9.17, 15) is 14.9 Å². The first-order valence-corrected chi connectivity index (χ1v) is 6.46. The van der Waals surface area contributed by atoms with Crippen molar-refractivity contribution in [3.05, 3.63) is 69.3 Å². The molecule has 0 atom stereocenters. The second-order valence-corrected chi connectivity index (χ2v) is 4.96. The number of nitro benzene ring substituents is 1. The lowest BCUT2D eigenvalue weighted by Crippen LogP contribution is -2.25. The fraction of sp³-hybridized carbons (Fsp3) is 0.133. The predicted molar refractivity (Wildman–Crippen MR) is 77.5 cm³/mol. The van der Waals surface area contributed by atoms with Crippen LogP contribution in [0.3, 0.4) is 0 Å². The van der Waals surface area contributed by atoms with E-state index < -0.39 is 4.92 Å². The first-order valence-electron chi connectivity index (χ1n) is 6.46. The fourth-order valence-corrected chi connectivity index (χ4v) is 2.49. The molecular formula is C15H13N3O3. The minimum absolute atomic E-state index is 0.0567. The number of hydrogen-bond acceptors (Lipinski definition) is 4. The Labute approximate surface area is 120 Å². The van der Waals surface area contributed by atoms with Gasteiger partial charge in [-0.3, -0.25) is 14.9 Å². The summed E-state index contributed by atoms with van der Waals surface area (Å²) >= 11 is 0. The molecule has 106 valence electrons. The minimum atomic E-state index is -0.579. The lowest BCUT2D eigenvalue weighted by molar-refractivity contribution is -0.383. The molecule has 21 heavy (non-hydrogen) atoms. The number of nitrogens with two attached hydrogens (primary N) is 1. The molecule has 0 aromatic heterocycles. The second-order valence-electron chi connectivity index (χ2n) is 4.96. The molecule has 6 nitrogen and oxygen atoms in total. The van der Waals surface area contributed by atoms with Gasteiger partial charge in [0.15, 0.2) is 0 Å². The second kappa shape index (κ2) is 4.90. The smallest absolute Gasteiger partial charge is 0.292 e. The van der Waals surface area contributed by atoms with Crippen molar-refractivity contribution in [3.8, 4) is 0 Å². The first kappa shape index (κ1) is 13.1. The van der Waals surface area contributed by atoms with E-state index in [1.54, 1.807) is 4.90 Å². The molecule has 3 rings (SSSR count). The van der Waals surface area contributed by atoms with Crippen molar-refractivity contribution in [1.29, 1.82) is 0 Å². The van der Waals surface area contributed by atoms with Gasteiger partial charge in [0.1, 0.15) is 5.69 Å². The van der Waals surface area contributed by atoms with Crippen LogP contribution in [0.5, 0.6) is 0 Å². The highest BCUT2D eigenvalue weighted by molar-refractivity contribution is 5.96. The maximum absolute atomic E-state index is 12.5. The predicted octanol–water partition coefficient (Wildman–Crippen LogP) is 2.33. The highest BCUT2D eigenvalue weighted by atomic mass is 16.6. The van der Waals surface area contributed by atoms with Gasteiger partial charge in [-0.1, -0.05) is 24.3 Å². The summed E-state index contributed by atoms with van der Waals surface area (Å²) in [5.41, 5.74) is 7.86. The van der Waals surface area contributed by atoms with Crippen LogP contribution in [0.2, 0.25) is 0 Å². The van der Waals surface area contributed by atoms with Crippen LogP contribution in [-0.4, -0.2) is 15.7 Å². The third kappa shape index (κ3) is 2.31. The van der Waals surface area contributed by atoms with Gasteiger partial charge in [-0.05, 0) is 23.3 Å². The third-order valence-electron chi connectivity index (χ3n) is 3.60. The van der Waals surface area contributed by atoms with Crippen LogP contribution < -0.4 is 5.73 Å². The summed E-state index contributed by atoms with van der Waals surface area (Å²) in [5, 5.41) is 10.9. The zero-order valence-electron chi connectivity index (χ0n) is 11.2.